The quantitative estimate of drug-likeness (QED) is 0.637. The van der Waals surface area contributed by atoms with Crippen LogP contribution in [-0.4, -0.2) is 53.3 Å². The standard InChI is InChI=1S/C20H23N3O4/c1-13(24)21-17-12-23(20(26)19(25)18-5-4-10-22(18)2)11-16(17)14-6-8-15(27-3)9-7-14/h4-10,16-17H,11-12H2,1-3H3,(H,21,24)/t16-,17+/m0/s1. The van der Waals surface area contributed by atoms with E-state index in [0.717, 1.165) is 11.3 Å². The monoisotopic (exact) mass is 369 g/mol. The van der Waals surface area contributed by atoms with Crippen LogP contribution in [0.3, 0.4) is 0 Å². The highest BCUT2D eigenvalue weighted by Gasteiger charge is 2.39. The van der Waals surface area contributed by atoms with Crippen LogP contribution in [0.2, 0.25) is 0 Å². The molecule has 2 heterocycles. The van der Waals surface area contributed by atoms with Gasteiger partial charge in [0.25, 0.3) is 11.7 Å². The van der Waals surface area contributed by atoms with Gasteiger partial charge in [-0.1, -0.05) is 12.1 Å². The smallest absolute Gasteiger partial charge is 0.296 e. The number of hydrogen-bond donors (Lipinski definition) is 1. The molecule has 3 rings (SSSR count). The molecule has 0 radical (unpaired) electrons. The Labute approximate surface area is 157 Å². The predicted octanol–water partition coefficient (Wildman–Crippen LogP) is 1.35. The van der Waals surface area contributed by atoms with Gasteiger partial charge in [-0.05, 0) is 29.8 Å². The number of nitrogens with zero attached hydrogens (tertiary/aromatic N) is 2. The third kappa shape index (κ3) is 3.86. The lowest BCUT2D eigenvalue weighted by atomic mass is 9.94. The van der Waals surface area contributed by atoms with Crippen LogP contribution in [0.5, 0.6) is 5.75 Å². The Morgan fingerprint density at radius 3 is 2.37 bits per heavy atom. The second-order valence-electron chi connectivity index (χ2n) is 6.73. The summed E-state index contributed by atoms with van der Waals surface area (Å²) < 4.78 is 6.81. The molecular formula is C20H23N3O4. The summed E-state index contributed by atoms with van der Waals surface area (Å²) in [6.45, 7) is 2.11. The molecule has 0 aliphatic carbocycles. The molecule has 1 aromatic carbocycles. The summed E-state index contributed by atoms with van der Waals surface area (Å²) in [4.78, 5) is 38.4. The van der Waals surface area contributed by atoms with E-state index in [0.29, 0.717) is 18.8 Å². The zero-order valence-corrected chi connectivity index (χ0v) is 15.6. The number of aryl methyl sites for hydroxylation is 1. The van der Waals surface area contributed by atoms with Crippen molar-refractivity contribution in [2.24, 2.45) is 7.05 Å². The van der Waals surface area contributed by atoms with Crippen LogP contribution in [0.4, 0.5) is 0 Å². The fourth-order valence-electron chi connectivity index (χ4n) is 3.52. The summed E-state index contributed by atoms with van der Waals surface area (Å²) in [5.74, 6) is -0.617. The number of ether oxygens (including phenoxy) is 1. The topological polar surface area (TPSA) is 80.6 Å². The molecule has 1 saturated heterocycles. The van der Waals surface area contributed by atoms with E-state index in [2.05, 4.69) is 5.32 Å². The first kappa shape index (κ1) is 18.7. The minimum atomic E-state index is -0.553. The van der Waals surface area contributed by atoms with Gasteiger partial charge in [0.15, 0.2) is 0 Å². The number of methoxy groups -OCH3 is 1. The SMILES string of the molecule is COc1ccc([C@@H]2CN(C(=O)C(=O)c3cccn3C)C[C@H]2NC(C)=O)cc1. The molecule has 1 aliphatic rings. The van der Waals surface area contributed by atoms with Gasteiger partial charge in [0, 0.05) is 39.2 Å². The van der Waals surface area contributed by atoms with E-state index in [1.165, 1.54) is 11.8 Å². The minimum absolute atomic E-state index is 0.0926. The van der Waals surface area contributed by atoms with Crippen molar-refractivity contribution < 1.29 is 19.1 Å². The lowest BCUT2D eigenvalue weighted by Gasteiger charge is -2.19. The molecular weight excluding hydrogens is 346 g/mol. The molecule has 0 saturated carbocycles. The van der Waals surface area contributed by atoms with E-state index < -0.39 is 11.7 Å². The number of likely N-dealkylation sites (tertiary alicyclic amines) is 1. The maximum Gasteiger partial charge on any atom is 0.296 e. The van der Waals surface area contributed by atoms with Gasteiger partial charge in [0.2, 0.25) is 5.91 Å². The number of carbonyl (C=O) groups is 3. The van der Waals surface area contributed by atoms with Gasteiger partial charge in [-0.25, -0.2) is 0 Å². The summed E-state index contributed by atoms with van der Waals surface area (Å²) >= 11 is 0. The normalized spacial score (nSPS) is 19.0. The first-order chi connectivity index (χ1) is 12.9. The van der Waals surface area contributed by atoms with Crippen LogP contribution >= 0.6 is 0 Å². The zero-order chi connectivity index (χ0) is 19.6. The zero-order valence-electron chi connectivity index (χ0n) is 15.6. The third-order valence-corrected chi connectivity index (χ3v) is 4.91. The summed E-state index contributed by atoms with van der Waals surface area (Å²) in [5.41, 5.74) is 1.33. The van der Waals surface area contributed by atoms with Crippen molar-refractivity contribution in [3.63, 3.8) is 0 Å². The van der Waals surface area contributed by atoms with Crippen LogP contribution in [0.1, 0.15) is 28.9 Å². The van der Waals surface area contributed by atoms with Gasteiger partial charge >= 0.3 is 0 Å². The summed E-state index contributed by atoms with van der Waals surface area (Å²) in [6, 6.07) is 10.6. The first-order valence-corrected chi connectivity index (χ1v) is 8.76. The number of aromatic nitrogens is 1. The van der Waals surface area contributed by atoms with E-state index in [4.69, 9.17) is 4.74 Å². The van der Waals surface area contributed by atoms with Gasteiger partial charge in [0.05, 0.1) is 18.8 Å². The number of Topliss-reactive ketones (excluding diaryl/α,β-unsaturated/α-hetero) is 1. The number of nitrogens with one attached hydrogen (secondary N) is 1. The van der Waals surface area contributed by atoms with E-state index in [-0.39, 0.29) is 17.9 Å². The molecule has 142 valence electrons. The average molecular weight is 369 g/mol. The number of amides is 2. The molecule has 1 fully saturated rings. The minimum Gasteiger partial charge on any atom is -0.497 e. The number of benzene rings is 1. The van der Waals surface area contributed by atoms with Crippen molar-refractivity contribution in [3.8, 4) is 5.75 Å². The summed E-state index contributed by atoms with van der Waals surface area (Å²) in [7, 11) is 3.32. The van der Waals surface area contributed by atoms with Crippen LogP contribution in [0, 0.1) is 0 Å². The molecule has 1 aliphatic heterocycles. The van der Waals surface area contributed by atoms with Crippen molar-refractivity contribution in [1.29, 1.82) is 0 Å². The van der Waals surface area contributed by atoms with Crippen molar-refractivity contribution >= 4 is 17.6 Å². The van der Waals surface area contributed by atoms with Gasteiger partial charge in [-0.2, -0.15) is 0 Å². The van der Waals surface area contributed by atoms with Crippen LogP contribution in [0.25, 0.3) is 0 Å². The molecule has 7 nitrogen and oxygen atoms in total. The lowest BCUT2D eigenvalue weighted by Crippen LogP contribution is -2.40. The van der Waals surface area contributed by atoms with Crippen molar-refractivity contribution in [3.05, 3.63) is 53.9 Å². The second-order valence-corrected chi connectivity index (χ2v) is 6.73. The van der Waals surface area contributed by atoms with E-state index in [1.807, 2.05) is 24.3 Å². The summed E-state index contributed by atoms with van der Waals surface area (Å²) in [5, 5.41) is 2.91. The third-order valence-electron chi connectivity index (χ3n) is 4.91. The highest BCUT2D eigenvalue weighted by molar-refractivity contribution is 6.42. The first-order valence-electron chi connectivity index (χ1n) is 8.76. The Kier molecular flexibility index (Phi) is 5.30. The summed E-state index contributed by atoms with van der Waals surface area (Å²) in [6.07, 6.45) is 1.73. The Morgan fingerprint density at radius 2 is 1.81 bits per heavy atom. The fourth-order valence-corrected chi connectivity index (χ4v) is 3.52. The molecule has 0 unspecified atom stereocenters. The Hall–Kier alpha value is -3.09. The number of rotatable bonds is 5. The largest absolute Gasteiger partial charge is 0.497 e. The van der Waals surface area contributed by atoms with Gasteiger partial charge < -0.3 is 19.5 Å². The van der Waals surface area contributed by atoms with E-state index in [1.54, 1.807) is 37.1 Å². The number of ketones is 1. The van der Waals surface area contributed by atoms with E-state index >= 15 is 0 Å². The van der Waals surface area contributed by atoms with Crippen LogP contribution < -0.4 is 10.1 Å². The predicted molar refractivity (Wildman–Crippen MR) is 99.7 cm³/mol. The molecule has 0 bridgehead atoms. The van der Waals surface area contributed by atoms with Gasteiger partial charge in [-0.3, -0.25) is 14.4 Å². The van der Waals surface area contributed by atoms with Gasteiger partial charge in [-0.15, -0.1) is 0 Å². The maximum absolute atomic E-state index is 12.7. The van der Waals surface area contributed by atoms with Crippen molar-refractivity contribution in [2.75, 3.05) is 20.2 Å². The molecule has 1 aromatic heterocycles. The van der Waals surface area contributed by atoms with Crippen molar-refractivity contribution in [1.82, 2.24) is 14.8 Å². The second kappa shape index (κ2) is 7.65. The number of hydrogen-bond acceptors (Lipinski definition) is 4. The fraction of sp³-hybridized carbons (Fsp3) is 0.350. The van der Waals surface area contributed by atoms with Crippen LogP contribution in [0.15, 0.2) is 42.6 Å². The molecule has 0 spiro atoms. The Bertz CT molecular complexity index is 856. The van der Waals surface area contributed by atoms with Crippen LogP contribution in [-0.2, 0) is 16.6 Å². The molecule has 2 amide bonds. The Morgan fingerprint density at radius 1 is 1.11 bits per heavy atom. The molecule has 2 aromatic rings. The number of carbonyl (C=O) groups excluding carboxylic acids is 3. The molecule has 27 heavy (non-hydrogen) atoms. The van der Waals surface area contributed by atoms with E-state index in [9.17, 15) is 14.4 Å². The maximum atomic E-state index is 12.7. The molecule has 7 heteroatoms. The lowest BCUT2D eigenvalue weighted by molar-refractivity contribution is -0.126. The van der Waals surface area contributed by atoms with Crippen molar-refractivity contribution in [2.45, 2.75) is 18.9 Å². The average Bonchev–Trinajstić information content (AvgIpc) is 3.26. The van der Waals surface area contributed by atoms with Gasteiger partial charge in [0.1, 0.15) is 5.75 Å². The highest BCUT2D eigenvalue weighted by Crippen LogP contribution is 2.29. The molecule has 2 atom stereocenters. The highest BCUT2D eigenvalue weighted by atomic mass is 16.5. The molecule has 1 N–H and O–H groups in total. The Balaban J connectivity index is 1.81.